The zero-order chi connectivity index (χ0) is 31.3. The summed E-state index contributed by atoms with van der Waals surface area (Å²) in [6.07, 6.45) is 4.30. The maximum absolute atomic E-state index is 13.2. The zero-order valence-electron chi connectivity index (χ0n) is 25.7. The number of halogens is 1. The summed E-state index contributed by atoms with van der Waals surface area (Å²) in [6, 6.07) is 38.9. The lowest BCUT2D eigenvalue weighted by atomic mass is 9.71. The molecule has 4 aromatic rings. The van der Waals surface area contributed by atoms with E-state index < -0.39 is 11.5 Å². The Kier molecular flexibility index (Phi) is 11.8. The lowest BCUT2D eigenvalue weighted by Crippen LogP contribution is -2.51. The van der Waals surface area contributed by atoms with Crippen LogP contribution in [0.25, 0.3) is 0 Å². The quantitative estimate of drug-likeness (QED) is 0.116. The van der Waals surface area contributed by atoms with E-state index in [4.69, 9.17) is 16.3 Å². The number of carbonyl (C=O) groups is 2. The number of rotatable bonds is 14. The molecule has 7 heteroatoms. The summed E-state index contributed by atoms with van der Waals surface area (Å²) in [5, 5.41) is 1.89. The summed E-state index contributed by atoms with van der Waals surface area (Å²) in [4.78, 5) is 27.4. The molecule has 1 aliphatic rings. The van der Waals surface area contributed by atoms with Gasteiger partial charge in [0.15, 0.2) is 0 Å². The highest BCUT2D eigenvalue weighted by Crippen LogP contribution is 2.37. The van der Waals surface area contributed by atoms with Crippen molar-refractivity contribution in [2.75, 3.05) is 32.7 Å². The van der Waals surface area contributed by atoms with Crippen molar-refractivity contribution in [1.82, 2.24) is 15.3 Å². The van der Waals surface area contributed by atoms with Crippen LogP contribution in [0, 0.1) is 0 Å². The molecular weight excluding hydrogens is 582 g/mol. The second-order valence-electron chi connectivity index (χ2n) is 11.7. The van der Waals surface area contributed by atoms with Crippen LogP contribution < -0.4 is 5.43 Å². The Hall–Kier alpha value is -3.97. The number of hydrazine groups is 1. The third kappa shape index (κ3) is 8.82. The predicted octanol–water partition coefficient (Wildman–Crippen LogP) is 7.63. The number of benzene rings is 4. The molecular formula is C38H42ClN3O3. The maximum Gasteiger partial charge on any atom is 0.424 e. The standard InChI is InChI=1S/C38H42ClN3O3/c39-36-19-17-31(18-20-36)29-45-37(44)42(27-28-43)40-30-38(34-13-6-2-7-14-34,35-15-8-3-9-16-35)23-10-24-41-25-21-33(22-26-41)32-11-4-1-5-12-32/h1-9,11-20,28,33,40H,10,21-27,29-30H2. The summed E-state index contributed by atoms with van der Waals surface area (Å²) in [6.45, 7) is 3.55. The smallest absolute Gasteiger partial charge is 0.424 e. The lowest BCUT2D eigenvalue weighted by molar-refractivity contribution is -0.109. The fraction of sp³-hybridized carbons (Fsp3) is 0.316. The normalized spacial score (nSPS) is 14.2. The van der Waals surface area contributed by atoms with E-state index in [1.807, 2.05) is 24.3 Å². The lowest BCUT2D eigenvalue weighted by Gasteiger charge is -2.38. The minimum atomic E-state index is -0.603. The van der Waals surface area contributed by atoms with Crippen molar-refractivity contribution in [3.63, 3.8) is 0 Å². The van der Waals surface area contributed by atoms with Gasteiger partial charge in [0.2, 0.25) is 0 Å². The Morgan fingerprint density at radius 1 is 0.867 bits per heavy atom. The van der Waals surface area contributed by atoms with Crippen molar-refractivity contribution in [2.24, 2.45) is 0 Å². The third-order valence-electron chi connectivity index (χ3n) is 8.91. The first-order valence-electron chi connectivity index (χ1n) is 15.8. The van der Waals surface area contributed by atoms with Crippen LogP contribution in [0.1, 0.15) is 53.9 Å². The molecule has 1 saturated heterocycles. The summed E-state index contributed by atoms with van der Waals surface area (Å²) in [5.41, 5.74) is 7.45. The molecule has 0 saturated carbocycles. The molecule has 4 aromatic carbocycles. The Balaban J connectivity index is 1.29. The van der Waals surface area contributed by atoms with Gasteiger partial charge >= 0.3 is 6.09 Å². The van der Waals surface area contributed by atoms with Gasteiger partial charge < -0.3 is 14.4 Å². The molecule has 1 aliphatic heterocycles. The highest BCUT2D eigenvalue weighted by Gasteiger charge is 2.35. The first-order chi connectivity index (χ1) is 22.1. The number of hydrogen-bond donors (Lipinski definition) is 1. The number of hydrogen-bond acceptors (Lipinski definition) is 5. The number of aldehydes is 1. The number of ether oxygens (including phenoxy) is 1. The minimum absolute atomic E-state index is 0.0799. The molecule has 0 aromatic heterocycles. The van der Waals surface area contributed by atoms with Crippen LogP contribution in [0.4, 0.5) is 4.79 Å². The van der Waals surface area contributed by atoms with E-state index in [0.29, 0.717) is 23.8 Å². The minimum Gasteiger partial charge on any atom is -0.444 e. The second-order valence-corrected chi connectivity index (χ2v) is 12.2. The molecule has 0 radical (unpaired) electrons. The van der Waals surface area contributed by atoms with Gasteiger partial charge in [0.1, 0.15) is 12.9 Å². The van der Waals surface area contributed by atoms with Gasteiger partial charge in [-0.15, -0.1) is 0 Å². The van der Waals surface area contributed by atoms with Gasteiger partial charge in [0.25, 0.3) is 0 Å². The molecule has 234 valence electrons. The Bertz CT molecular complexity index is 1420. The van der Waals surface area contributed by atoms with Gasteiger partial charge in [-0.05, 0) is 85.6 Å². The number of carbonyl (C=O) groups excluding carboxylic acids is 2. The summed E-state index contributed by atoms with van der Waals surface area (Å²) in [7, 11) is 0. The fourth-order valence-electron chi connectivity index (χ4n) is 6.39. The third-order valence-corrected chi connectivity index (χ3v) is 9.17. The van der Waals surface area contributed by atoms with Crippen LogP contribution in [0.15, 0.2) is 115 Å². The molecule has 1 amide bonds. The Labute approximate surface area is 271 Å². The SMILES string of the molecule is O=CCN(NCC(CCCN1CCC(c2ccccc2)CC1)(c1ccccc1)c1ccccc1)C(=O)OCc1ccc(Cl)cc1. The summed E-state index contributed by atoms with van der Waals surface area (Å²) in [5.74, 6) is 0.627. The predicted molar refractivity (Wildman–Crippen MR) is 180 cm³/mol. The molecule has 45 heavy (non-hydrogen) atoms. The monoisotopic (exact) mass is 623 g/mol. The summed E-state index contributed by atoms with van der Waals surface area (Å²) < 4.78 is 5.58. The molecule has 6 nitrogen and oxygen atoms in total. The van der Waals surface area contributed by atoms with E-state index in [0.717, 1.165) is 49.2 Å². The van der Waals surface area contributed by atoms with Crippen molar-refractivity contribution in [3.8, 4) is 0 Å². The zero-order valence-corrected chi connectivity index (χ0v) is 26.4. The highest BCUT2D eigenvalue weighted by atomic mass is 35.5. The Morgan fingerprint density at radius 2 is 1.44 bits per heavy atom. The average molecular weight is 624 g/mol. The van der Waals surface area contributed by atoms with Gasteiger partial charge in [-0.25, -0.2) is 15.2 Å². The van der Waals surface area contributed by atoms with Crippen LogP contribution in [0.3, 0.4) is 0 Å². The van der Waals surface area contributed by atoms with E-state index in [-0.39, 0.29) is 13.2 Å². The first kappa shape index (κ1) is 32.4. The molecule has 1 fully saturated rings. The average Bonchev–Trinajstić information content (AvgIpc) is 3.10. The first-order valence-corrected chi connectivity index (χ1v) is 16.2. The van der Waals surface area contributed by atoms with Crippen molar-refractivity contribution in [2.45, 2.75) is 43.6 Å². The van der Waals surface area contributed by atoms with E-state index in [2.05, 4.69) is 89.2 Å². The molecule has 5 rings (SSSR count). The van der Waals surface area contributed by atoms with Gasteiger partial charge in [-0.1, -0.05) is 115 Å². The van der Waals surface area contributed by atoms with Crippen molar-refractivity contribution in [1.29, 1.82) is 0 Å². The second kappa shape index (κ2) is 16.4. The number of nitrogens with zero attached hydrogens (tertiary/aromatic N) is 2. The molecule has 0 aliphatic carbocycles. The molecule has 0 bridgehead atoms. The number of likely N-dealkylation sites (tertiary alicyclic amines) is 1. The van der Waals surface area contributed by atoms with Gasteiger partial charge in [0.05, 0.1) is 6.54 Å². The van der Waals surface area contributed by atoms with Crippen molar-refractivity contribution in [3.05, 3.63) is 143 Å². The van der Waals surface area contributed by atoms with Crippen molar-refractivity contribution < 1.29 is 14.3 Å². The Morgan fingerprint density at radius 3 is 2.02 bits per heavy atom. The van der Waals surface area contributed by atoms with Crippen LogP contribution in [-0.2, 0) is 21.6 Å². The summed E-state index contributed by atoms with van der Waals surface area (Å²) >= 11 is 5.99. The number of amides is 1. The van der Waals surface area contributed by atoms with E-state index >= 15 is 0 Å². The molecule has 1 N–H and O–H groups in total. The fourth-order valence-corrected chi connectivity index (χ4v) is 6.52. The maximum atomic E-state index is 13.2. The van der Waals surface area contributed by atoms with Crippen LogP contribution in [0.5, 0.6) is 0 Å². The molecule has 1 heterocycles. The molecule has 0 unspecified atom stereocenters. The molecule has 0 atom stereocenters. The van der Waals surface area contributed by atoms with Crippen LogP contribution in [-0.4, -0.2) is 55.0 Å². The van der Waals surface area contributed by atoms with E-state index in [1.165, 1.54) is 23.4 Å². The number of nitrogens with one attached hydrogen (secondary N) is 1. The van der Waals surface area contributed by atoms with E-state index in [1.54, 1.807) is 12.1 Å². The largest absolute Gasteiger partial charge is 0.444 e. The topological polar surface area (TPSA) is 61.9 Å². The number of piperidine rings is 1. The van der Waals surface area contributed by atoms with Crippen LogP contribution >= 0.6 is 11.6 Å². The van der Waals surface area contributed by atoms with Gasteiger partial charge in [0, 0.05) is 17.0 Å². The van der Waals surface area contributed by atoms with Gasteiger partial charge in [-0.2, -0.15) is 0 Å². The highest BCUT2D eigenvalue weighted by molar-refractivity contribution is 6.30. The van der Waals surface area contributed by atoms with Gasteiger partial charge in [-0.3, -0.25) is 0 Å². The molecule has 0 spiro atoms. The van der Waals surface area contributed by atoms with Crippen molar-refractivity contribution >= 4 is 24.0 Å². The van der Waals surface area contributed by atoms with Crippen LogP contribution in [0.2, 0.25) is 5.02 Å². The van der Waals surface area contributed by atoms with E-state index in [9.17, 15) is 9.59 Å².